The van der Waals surface area contributed by atoms with E-state index < -0.39 is 0 Å². The van der Waals surface area contributed by atoms with Crippen LogP contribution < -0.4 is 0 Å². The van der Waals surface area contributed by atoms with Gasteiger partial charge in [0.1, 0.15) is 0 Å². The Kier molecular flexibility index (Phi) is 5.55. The highest BCUT2D eigenvalue weighted by Gasteiger charge is 2.38. The van der Waals surface area contributed by atoms with E-state index in [1.165, 1.54) is 16.9 Å². The Hall–Kier alpha value is -2.18. The zero-order chi connectivity index (χ0) is 18.6. The van der Waals surface area contributed by atoms with Gasteiger partial charge < -0.3 is 9.80 Å². The molecule has 5 nitrogen and oxygen atoms in total. The maximum atomic E-state index is 12.7. The number of carbonyl (C=O) groups is 2. The van der Waals surface area contributed by atoms with Crippen LogP contribution in [0.4, 0.5) is 0 Å². The number of benzene rings is 1. The SMILES string of the molecule is O=C(c1cccs1)N1CC(C(=O)N2CCN(CCc3ccccc3)CC2)C1. The smallest absolute Gasteiger partial charge is 0.263 e. The lowest BCUT2D eigenvalue weighted by molar-refractivity contribution is -0.141. The molecule has 0 spiro atoms. The molecule has 142 valence electrons. The monoisotopic (exact) mass is 383 g/mol. The van der Waals surface area contributed by atoms with Crippen LogP contribution in [0, 0.1) is 5.92 Å². The van der Waals surface area contributed by atoms with Crippen molar-refractivity contribution >= 4 is 23.2 Å². The second kappa shape index (κ2) is 8.23. The number of piperazine rings is 1. The summed E-state index contributed by atoms with van der Waals surface area (Å²) < 4.78 is 0. The second-order valence-corrected chi connectivity index (χ2v) is 8.23. The van der Waals surface area contributed by atoms with Crippen LogP contribution in [0.2, 0.25) is 0 Å². The van der Waals surface area contributed by atoms with Gasteiger partial charge in [-0.25, -0.2) is 0 Å². The van der Waals surface area contributed by atoms with Crippen molar-refractivity contribution in [1.29, 1.82) is 0 Å². The molecule has 2 aliphatic heterocycles. The molecule has 3 heterocycles. The zero-order valence-electron chi connectivity index (χ0n) is 15.4. The van der Waals surface area contributed by atoms with E-state index in [0.717, 1.165) is 44.0 Å². The zero-order valence-corrected chi connectivity index (χ0v) is 16.2. The molecule has 4 rings (SSSR count). The van der Waals surface area contributed by atoms with E-state index in [9.17, 15) is 9.59 Å². The molecule has 1 aromatic heterocycles. The summed E-state index contributed by atoms with van der Waals surface area (Å²) in [5, 5.41) is 1.91. The number of nitrogens with zero attached hydrogens (tertiary/aromatic N) is 3. The average Bonchev–Trinajstić information content (AvgIpc) is 3.21. The van der Waals surface area contributed by atoms with Crippen molar-refractivity contribution in [1.82, 2.24) is 14.7 Å². The summed E-state index contributed by atoms with van der Waals surface area (Å²) in [6, 6.07) is 14.3. The van der Waals surface area contributed by atoms with Gasteiger partial charge >= 0.3 is 0 Å². The lowest BCUT2D eigenvalue weighted by Crippen LogP contribution is -2.59. The maximum Gasteiger partial charge on any atom is 0.263 e. The summed E-state index contributed by atoms with van der Waals surface area (Å²) in [7, 11) is 0. The summed E-state index contributed by atoms with van der Waals surface area (Å²) in [5.74, 6) is 0.248. The van der Waals surface area contributed by atoms with Crippen LogP contribution >= 0.6 is 11.3 Å². The summed E-state index contributed by atoms with van der Waals surface area (Å²) in [6.07, 6.45) is 1.05. The minimum atomic E-state index is -0.0234. The molecular weight excluding hydrogens is 358 g/mol. The van der Waals surface area contributed by atoms with Crippen LogP contribution in [0.25, 0.3) is 0 Å². The van der Waals surface area contributed by atoms with Crippen LogP contribution in [0.1, 0.15) is 15.2 Å². The first-order valence-corrected chi connectivity index (χ1v) is 10.5. The third-order valence-electron chi connectivity index (χ3n) is 5.49. The van der Waals surface area contributed by atoms with Crippen LogP contribution in [0.15, 0.2) is 47.8 Å². The Labute approximate surface area is 164 Å². The van der Waals surface area contributed by atoms with Crippen molar-refractivity contribution in [3.8, 4) is 0 Å². The Morgan fingerprint density at radius 1 is 0.926 bits per heavy atom. The van der Waals surface area contributed by atoms with E-state index in [2.05, 4.69) is 29.2 Å². The molecule has 2 saturated heterocycles. The van der Waals surface area contributed by atoms with E-state index >= 15 is 0 Å². The van der Waals surface area contributed by atoms with Crippen LogP contribution in [-0.2, 0) is 11.2 Å². The Balaban J connectivity index is 1.19. The molecule has 1 aromatic carbocycles. The van der Waals surface area contributed by atoms with E-state index in [4.69, 9.17) is 0 Å². The second-order valence-electron chi connectivity index (χ2n) is 7.29. The number of carbonyl (C=O) groups excluding carboxylic acids is 2. The Bertz CT molecular complexity index is 764. The number of thiophene rings is 1. The first-order valence-electron chi connectivity index (χ1n) is 9.58. The van der Waals surface area contributed by atoms with E-state index in [1.54, 1.807) is 4.90 Å². The van der Waals surface area contributed by atoms with Crippen molar-refractivity contribution in [3.63, 3.8) is 0 Å². The van der Waals surface area contributed by atoms with E-state index in [0.29, 0.717) is 13.1 Å². The molecule has 0 radical (unpaired) electrons. The maximum absolute atomic E-state index is 12.7. The highest BCUT2D eigenvalue weighted by molar-refractivity contribution is 7.12. The minimum Gasteiger partial charge on any atom is -0.340 e. The van der Waals surface area contributed by atoms with Crippen molar-refractivity contribution in [3.05, 3.63) is 58.3 Å². The first-order chi connectivity index (χ1) is 13.2. The van der Waals surface area contributed by atoms with Crippen LogP contribution in [-0.4, -0.2) is 72.3 Å². The molecule has 2 fully saturated rings. The molecule has 6 heteroatoms. The fourth-order valence-electron chi connectivity index (χ4n) is 3.74. The number of rotatable bonds is 5. The van der Waals surface area contributed by atoms with Gasteiger partial charge in [0.25, 0.3) is 5.91 Å². The predicted molar refractivity (Wildman–Crippen MR) is 107 cm³/mol. The quantitative estimate of drug-likeness (QED) is 0.795. The van der Waals surface area contributed by atoms with Crippen LogP contribution in [0.3, 0.4) is 0 Å². The minimum absolute atomic E-state index is 0.0234. The molecule has 2 amide bonds. The third kappa shape index (κ3) is 4.22. The van der Waals surface area contributed by atoms with Gasteiger partial charge in [0.2, 0.25) is 5.91 Å². The van der Waals surface area contributed by atoms with Gasteiger partial charge in [-0.15, -0.1) is 11.3 Å². The lowest BCUT2D eigenvalue weighted by atomic mass is 9.97. The first kappa shape index (κ1) is 18.2. The standard InChI is InChI=1S/C21H25N3O2S/c25-20(18-15-24(16-18)21(26)19-7-4-14-27-19)23-12-10-22(11-13-23)9-8-17-5-2-1-3-6-17/h1-7,14,18H,8-13,15-16H2. The molecule has 0 atom stereocenters. The lowest BCUT2D eigenvalue weighted by Gasteiger charge is -2.42. The van der Waals surface area contributed by atoms with E-state index in [1.807, 2.05) is 28.5 Å². The molecule has 0 N–H and O–H groups in total. The molecule has 2 aliphatic rings. The molecule has 0 unspecified atom stereocenters. The topological polar surface area (TPSA) is 43.9 Å². The summed E-state index contributed by atoms with van der Waals surface area (Å²) in [5.41, 5.74) is 1.36. The van der Waals surface area contributed by atoms with Gasteiger partial charge in [0, 0.05) is 45.8 Å². The van der Waals surface area contributed by atoms with Gasteiger partial charge in [-0.1, -0.05) is 36.4 Å². The predicted octanol–water partition coefficient (Wildman–Crippen LogP) is 2.21. The van der Waals surface area contributed by atoms with Crippen LogP contribution in [0.5, 0.6) is 0 Å². The van der Waals surface area contributed by atoms with Gasteiger partial charge in [-0.3, -0.25) is 14.5 Å². The van der Waals surface area contributed by atoms with Crippen molar-refractivity contribution in [2.45, 2.75) is 6.42 Å². The summed E-state index contributed by atoms with van der Waals surface area (Å²) >= 11 is 1.46. The molecular formula is C21H25N3O2S. The third-order valence-corrected chi connectivity index (χ3v) is 6.35. The molecule has 0 aliphatic carbocycles. The highest BCUT2D eigenvalue weighted by atomic mass is 32.1. The summed E-state index contributed by atoms with van der Waals surface area (Å²) in [4.78, 5) is 31.9. The molecule has 2 aromatic rings. The van der Waals surface area contributed by atoms with Gasteiger partial charge in [-0.05, 0) is 23.4 Å². The number of hydrogen-bond donors (Lipinski definition) is 0. The van der Waals surface area contributed by atoms with Gasteiger partial charge in [0.15, 0.2) is 0 Å². The normalized spacial score (nSPS) is 18.4. The number of amides is 2. The summed E-state index contributed by atoms with van der Waals surface area (Å²) in [6.45, 7) is 5.62. The average molecular weight is 384 g/mol. The fraction of sp³-hybridized carbons (Fsp3) is 0.429. The van der Waals surface area contributed by atoms with Gasteiger partial charge in [-0.2, -0.15) is 0 Å². The van der Waals surface area contributed by atoms with Gasteiger partial charge in [0.05, 0.1) is 10.8 Å². The fourth-order valence-corrected chi connectivity index (χ4v) is 4.43. The Morgan fingerprint density at radius 2 is 1.67 bits per heavy atom. The molecule has 0 saturated carbocycles. The molecule has 27 heavy (non-hydrogen) atoms. The van der Waals surface area contributed by atoms with E-state index in [-0.39, 0.29) is 17.7 Å². The number of hydrogen-bond acceptors (Lipinski definition) is 4. The number of likely N-dealkylation sites (tertiary alicyclic amines) is 1. The van der Waals surface area contributed by atoms with Crippen molar-refractivity contribution in [2.24, 2.45) is 5.92 Å². The molecule has 0 bridgehead atoms. The Morgan fingerprint density at radius 3 is 2.33 bits per heavy atom. The largest absolute Gasteiger partial charge is 0.340 e. The van der Waals surface area contributed by atoms with Crippen molar-refractivity contribution < 1.29 is 9.59 Å². The van der Waals surface area contributed by atoms with Crippen molar-refractivity contribution in [2.75, 3.05) is 45.8 Å². The highest BCUT2D eigenvalue weighted by Crippen LogP contribution is 2.23.